The molecular formula is C7H12N2. The Morgan fingerprint density at radius 3 is 2.89 bits per heavy atom. The van der Waals surface area contributed by atoms with Crippen LogP contribution in [0.2, 0.25) is 0 Å². The summed E-state index contributed by atoms with van der Waals surface area (Å²) in [6, 6.07) is 2.10. The van der Waals surface area contributed by atoms with Crippen molar-refractivity contribution in [2.24, 2.45) is 4.99 Å². The molecule has 2 nitrogen and oxygen atoms in total. The Bertz CT molecular complexity index is 111. The van der Waals surface area contributed by atoms with Crippen LogP contribution in [-0.4, -0.2) is 13.3 Å². The van der Waals surface area contributed by atoms with Crippen LogP contribution in [0.25, 0.3) is 0 Å². The topological polar surface area (TPSA) is 36.1 Å². The van der Waals surface area contributed by atoms with E-state index >= 15 is 0 Å². The summed E-state index contributed by atoms with van der Waals surface area (Å²) in [6.07, 6.45) is 5.67. The molecule has 0 aromatic carbocycles. The number of unbranched alkanes of at least 4 members (excludes halogenated alkanes) is 3. The molecule has 0 aromatic rings. The van der Waals surface area contributed by atoms with E-state index < -0.39 is 0 Å². The lowest BCUT2D eigenvalue weighted by atomic mass is 10.2. The second-order valence-corrected chi connectivity index (χ2v) is 1.84. The molecule has 0 amide bonds. The van der Waals surface area contributed by atoms with E-state index in [9.17, 15) is 0 Å². The highest BCUT2D eigenvalue weighted by Gasteiger charge is 1.82. The molecule has 0 heterocycles. The molecule has 0 saturated carbocycles. The first-order chi connectivity index (χ1) is 4.41. The maximum absolute atomic E-state index is 8.14. The SMILES string of the molecule is C/N=C/CCCCC#N. The Morgan fingerprint density at radius 2 is 2.33 bits per heavy atom. The van der Waals surface area contributed by atoms with Crippen LogP contribution in [0, 0.1) is 11.3 Å². The van der Waals surface area contributed by atoms with Crippen LogP contribution in [0.5, 0.6) is 0 Å². The van der Waals surface area contributed by atoms with Crippen molar-refractivity contribution in [2.75, 3.05) is 7.05 Å². The van der Waals surface area contributed by atoms with Gasteiger partial charge in [-0.1, -0.05) is 0 Å². The number of nitrogens with zero attached hydrogens (tertiary/aromatic N) is 2. The second-order valence-electron chi connectivity index (χ2n) is 1.84. The fraction of sp³-hybridized carbons (Fsp3) is 0.714. The molecule has 0 N–H and O–H groups in total. The second kappa shape index (κ2) is 7.16. The summed E-state index contributed by atoms with van der Waals surface area (Å²) >= 11 is 0. The molecule has 0 rings (SSSR count). The largest absolute Gasteiger partial charge is 0.301 e. The summed E-state index contributed by atoms with van der Waals surface area (Å²) in [7, 11) is 1.77. The average molecular weight is 124 g/mol. The van der Waals surface area contributed by atoms with Gasteiger partial charge in [-0.15, -0.1) is 0 Å². The zero-order valence-corrected chi connectivity index (χ0v) is 5.80. The van der Waals surface area contributed by atoms with E-state index in [4.69, 9.17) is 5.26 Å². The molecule has 0 atom stereocenters. The first-order valence-corrected chi connectivity index (χ1v) is 3.19. The Balaban J connectivity index is 2.85. The molecule has 50 valence electrons. The van der Waals surface area contributed by atoms with E-state index in [0.717, 1.165) is 19.3 Å². The maximum Gasteiger partial charge on any atom is 0.0621 e. The van der Waals surface area contributed by atoms with Gasteiger partial charge < -0.3 is 4.99 Å². The van der Waals surface area contributed by atoms with Crippen molar-refractivity contribution in [3.8, 4) is 6.07 Å². The van der Waals surface area contributed by atoms with Crippen LogP contribution >= 0.6 is 0 Å². The summed E-state index contributed by atoms with van der Waals surface area (Å²) in [5, 5.41) is 8.14. The standard InChI is InChI=1S/C7H12N2/c1-9-7-5-3-2-4-6-8/h7H,2-5H2,1H3/b9-7+. The molecule has 0 aliphatic carbocycles. The third kappa shape index (κ3) is 7.16. The molecule has 0 fully saturated rings. The summed E-state index contributed by atoms with van der Waals surface area (Å²) in [6.45, 7) is 0. The van der Waals surface area contributed by atoms with E-state index in [1.807, 2.05) is 6.21 Å². The minimum absolute atomic E-state index is 0.678. The molecule has 2 heteroatoms. The van der Waals surface area contributed by atoms with Gasteiger partial charge in [-0.3, -0.25) is 0 Å². The van der Waals surface area contributed by atoms with E-state index in [-0.39, 0.29) is 0 Å². The number of hydrogen-bond donors (Lipinski definition) is 0. The highest BCUT2D eigenvalue weighted by Crippen LogP contribution is 1.95. The van der Waals surface area contributed by atoms with Gasteiger partial charge in [0.05, 0.1) is 6.07 Å². The van der Waals surface area contributed by atoms with Crippen LogP contribution < -0.4 is 0 Å². The molecule has 0 saturated heterocycles. The van der Waals surface area contributed by atoms with Gasteiger partial charge in [-0.05, 0) is 25.5 Å². The number of aliphatic imine (C=N–C) groups is 1. The predicted molar refractivity (Wildman–Crippen MR) is 38.5 cm³/mol. The van der Waals surface area contributed by atoms with E-state index in [0.29, 0.717) is 6.42 Å². The zero-order chi connectivity index (χ0) is 6.95. The van der Waals surface area contributed by atoms with E-state index in [2.05, 4.69) is 11.1 Å². The monoisotopic (exact) mass is 124 g/mol. The van der Waals surface area contributed by atoms with Crippen LogP contribution in [0.3, 0.4) is 0 Å². The van der Waals surface area contributed by atoms with E-state index in [1.165, 1.54) is 0 Å². The molecular weight excluding hydrogens is 112 g/mol. The number of nitriles is 1. The highest BCUT2D eigenvalue weighted by atomic mass is 14.6. The van der Waals surface area contributed by atoms with Crippen molar-refractivity contribution in [1.82, 2.24) is 0 Å². The Morgan fingerprint density at radius 1 is 1.56 bits per heavy atom. The maximum atomic E-state index is 8.14. The quantitative estimate of drug-likeness (QED) is 0.415. The van der Waals surface area contributed by atoms with Crippen LogP contribution in [0.4, 0.5) is 0 Å². The fourth-order valence-electron chi connectivity index (χ4n) is 0.569. The van der Waals surface area contributed by atoms with Gasteiger partial charge in [0.25, 0.3) is 0 Å². The number of hydrogen-bond acceptors (Lipinski definition) is 2. The van der Waals surface area contributed by atoms with Crippen molar-refractivity contribution >= 4 is 6.21 Å². The van der Waals surface area contributed by atoms with Crippen molar-refractivity contribution in [3.05, 3.63) is 0 Å². The average Bonchev–Trinajstić information content (AvgIpc) is 1.89. The van der Waals surface area contributed by atoms with Crippen molar-refractivity contribution < 1.29 is 0 Å². The predicted octanol–water partition coefficient (Wildman–Crippen LogP) is 1.77. The van der Waals surface area contributed by atoms with Crippen LogP contribution in [-0.2, 0) is 0 Å². The molecule has 0 unspecified atom stereocenters. The lowest BCUT2D eigenvalue weighted by molar-refractivity contribution is 0.789. The lowest BCUT2D eigenvalue weighted by Crippen LogP contribution is -1.76. The molecule has 0 aliphatic heterocycles. The highest BCUT2D eigenvalue weighted by molar-refractivity contribution is 5.56. The van der Waals surface area contributed by atoms with Crippen LogP contribution in [0.1, 0.15) is 25.7 Å². The normalized spacial score (nSPS) is 9.78. The Hall–Kier alpha value is -0.840. The first-order valence-electron chi connectivity index (χ1n) is 3.19. The summed E-state index contributed by atoms with van der Waals surface area (Å²) in [4.78, 5) is 3.83. The number of rotatable bonds is 4. The summed E-state index contributed by atoms with van der Waals surface area (Å²) in [5.41, 5.74) is 0. The van der Waals surface area contributed by atoms with Crippen molar-refractivity contribution in [1.29, 1.82) is 5.26 Å². The van der Waals surface area contributed by atoms with Crippen molar-refractivity contribution in [2.45, 2.75) is 25.7 Å². The Labute approximate surface area is 56.2 Å². The summed E-state index contributed by atoms with van der Waals surface area (Å²) < 4.78 is 0. The van der Waals surface area contributed by atoms with Gasteiger partial charge in [-0.25, -0.2) is 0 Å². The molecule has 0 bridgehead atoms. The van der Waals surface area contributed by atoms with Gasteiger partial charge in [0.2, 0.25) is 0 Å². The molecule has 0 aromatic heterocycles. The van der Waals surface area contributed by atoms with E-state index in [1.54, 1.807) is 7.05 Å². The molecule has 9 heavy (non-hydrogen) atoms. The third-order valence-electron chi connectivity index (χ3n) is 1.05. The minimum Gasteiger partial charge on any atom is -0.301 e. The first kappa shape index (κ1) is 8.16. The zero-order valence-electron chi connectivity index (χ0n) is 5.80. The van der Waals surface area contributed by atoms with Gasteiger partial charge in [-0.2, -0.15) is 5.26 Å². The Kier molecular flexibility index (Phi) is 6.49. The summed E-state index contributed by atoms with van der Waals surface area (Å²) in [5.74, 6) is 0. The van der Waals surface area contributed by atoms with Gasteiger partial charge in [0, 0.05) is 13.5 Å². The van der Waals surface area contributed by atoms with Crippen LogP contribution in [0.15, 0.2) is 4.99 Å². The third-order valence-corrected chi connectivity index (χ3v) is 1.05. The fourth-order valence-corrected chi connectivity index (χ4v) is 0.569. The minimum atomic E-state index is 0.678. The van der Waals surface area contributed by atoms with Gasteiger partial charge >= 0.3 is 0 Å². The van der Waals surface area contributed by atoms with Gasteiger partial charge in [0.1, 0.15) is 0 Å². The molecule has 0 spiro atoms. The molecule has 0 aliphatic rings. The molecule has 0 radical (unpaired) electrons. The lowest BCUT2D eigenvalue weighted by Gasteiger charge is -1.87. The van der Waals surface area contributed by atoms with Gasteiger partial charge in [0.15, 0.2) is 0 Å². The van der Waals surface area contributed by atoms with Crippen molar-refractivity contribution in [3.63, 3.8) is 0 Å². The smallest absolute Gasteiger partial charge is 0.0621 e.